The second kappa shape index (κ2) is 41.2. The highest BCUT2D eigenvalue weighted by atomic mass is 16.5. The van der Waals surface area contributed by atoms with Gasteiger partial charge in [0.1, 0.15) is 0 Å². The summed E-state index contributed by atoms with van der Waals surface area (Å²) in [5, 5.41) is 66.0. The van der Waals surface area contributed by atoms with Crippen LogP contribution in [0.3, 0.4) is 0 Å². The summed E-state index contributed by atoms with van der Waals surface area (Å²) in [5.41, 5.74) is 23.3. The fraction of sp³-hybridized carbons (Fsp3) is 0.688. The van der Waals surface area contributed by atoms with Crippen LogP contribution in [-0.2, 0) is 38.2 Å². The van der Waals surface area contributed by atoms with Gasteiger partial charge in [-0.2, -0.15) is 0 Å². The number of carboxylic acid groups (broad SMARTS) is 2. The number of methoxy groups -OCH3 is 4. The molecule has 0 aliphatic heterocycles. The predicted molar refractivity (Wildman–Crippen MR) is 336 cm³/mol. The molecule has 504 valence electrons. The Morgan fingerprint density at radius 1 is 0.500 bits per heavy atom. The molecule has 0 aromatic heterocycles. The molecule has 0 saturated carbocycles. The second-order valence-corrected chi connectivity index (χ2v) is 25.0. The van der Waals surface area contributed by atoms with E-state index < -0.39 is 82.9 Å². The van der Waals surface area contributed by atoms with Gasteiger partial charge in [-0.05, 0) is 124 Å². The molecule has 0 radical (unpaired) electrons. The van der Waals surface area contributed by atoms with Gasteiger partial charge in [-0.15, -0.1) is 0 Å². The molecule has 0 aliphatic carbocycles. The molecule has 2 aromatic carbocycles. The van der Waals surface area contributed by atoms with Gasteiger partial charge >= 0.3 is 11.9 Å². The van der Waals surface area contributed by atoms with Gasteiger partial charge in [0.05, 0.1) is 62.7 Å². The Balaban J connectivity index is 0.00000153. The normalized spacial score (nSPS) is 15.2. The summed E-state index contributed by atoms with van der Waals surface area (Å²) >= 11 is 0. The number of nitrogens with one attached hydrogen (secondary N) is 2. The Bertz CT molecular complexity index is 2270. The van der Waals surface area contributed by atoms with Crippen molar-refractivity contribution in [2.75, 3.05) is 68.0 Å². The minimum atomic E-state index is -1.26. The molecule has 24 heteroatoms. The molecular formula is C64H110N6O18. The SMILES string of the molecule is COCCCOc1cc(C(O)[C@@H](C[C@H](N)[C@@H](O)C[C@H](C(=O)NCC(C)(C)C(N)=O)C(C)C)C(C)C)ccc1OC.COCCCOc1cc(C(O)[C@@H](C[C@H](N)[C@@H](O)C[C@H](C(=O)NCC(C)(C)C(N)=O)C(C)C)C(C)C)ccc1OC.O=C(O)/C=C/C(=O)O. The maximum atomic E-state index is 12.9. The first-order valence-corrected chi connectivity index (χ1v) is 30.1. The van der Waals surface area contributed by atoms with Crippen LogP contribution in [0.4, 0.5) is 0 Å². The summed E-state index contributed by atoms with van der Waals surface area (Å²) in [4.78, 5) is 68.2. The summed E-state index contributed by atoms with van der Waals surface area (Å²) in [6.45, 7) is 24.5. The lowest BCUT2D eigenvalue weighted by Gasteiger charge is -2.32. The molecule has 0 heterocycles. The molecule has 0 aliphatic rings. The number of aliphatic hydroxyl groups excluding tert-OH is 4. The highest BCUT2D eigenvalue weighted by molar-refractivity contribution is 5.89. The zero-order chi connectivity index (χ0) is 67.8. The molecular weight excluding hydrogens is 1140 g/mol. The minimum absolute atomic E-state index is 0.0571. The maximum absolute atomic E-state index is 12.9. The lowest BCUT2D eigenvalue weighted by molar-refractivity contribution is -0.134. The molecule has 2 aromatic rings. The number of hydrogen-bond donors (Lipinski definition) is 12. The zero-order valence-corrected chi connectivity index (χ0v) is 55.1. The van der Waals surface area contributed by atoms with Gasteiger partial charge in [0.25, 0.3) is 0 Å². The summed E-state index contributed by atoms with van der Waals surface area (Å²) in [6.07, 6.45) is -0.0964. The van der Waals surface area contributed by atoms with Crippen molar-refractivity contribution in [3.8, 4) is 23.0 Å². The smallest absolute Gasteiger partial charge is 0.328 e. The van der Waals surface area contributed by atoms with Crippen LogP contribution in [0.15, 0.2) is 48.6 Å². The number of hydrogen-bond acceptors (Lipinski definition) is 18. The van der Waals surface area contributed by atoms with Crippen LogP contribution in [0, 0.1) is 58.2 Å². The average Bonchev–Trinajstić information content (AvgIpc) is 3.62. The number of aliphatic carboxylic acids is 2. The summed E-state index contributed by atoms with van der Waals surface area (Å²) in [7, 11) is 6.40. The monoisotopic (exact) mass is 1250 g/mol. The highest BCUT2D eigenvalue weighted by Gasteiger charge is 2.36. The van der Waals surface area contributed by atoms with Crippen molar-refractivity contribution >= 4 is 35.6 Å². The van der Waals surface area contributed by atoms with E-state index in [1.54, 1.807) is 92.5 Å². The molecule has 16 N–H and O–H groups in total. The molecule has 2 rings (SSSR count). The van der Waals surface area contributed by atoms with Crippen molar-refractivity contribution in [3.63, 3.8) is 0 Å². The number of primary amides is 2. The van der Waals surface area contributed by atoms with Gasteiger partial charge in [-0.3, -0.25) is 19.2 Å². The van der Waals surface area contributed by atoms with Crippen LogP contribution < -0.4 is 52.5 Å². The van der Waals surface area contributed by atoms with E-state index in [1.165, 1.54) is 0 Å². The van der Waals surface area contributed by atoms with Crippen molar-refractivity contribution in [1.29, 1.82) is 0 Å². The predicted octanol–water partition coefficient (Wildman–Crippen LogP) is 5.28. The number of ether oxygens (including phenoxy) is 6. The number of rotatable bonds is 40. The van der Waals surface area contributed by atoms with Gasteiger partial charge in [-0.25, -0.2) is 9.59 Å². The zero-order valence-electron chi connectivity index (χ0n) is 55.1. The molecule has 0 saturated heterocycles. The van der Waals surface area contributed by atoms with E-state index in [4.69, 9.17) is 61.6 Å². The third-order valence-corrected chi connectivity index (χ3v) is 15.5. The van der Waals surface area contributed by atoms with E-state index in [0.29, 0.717) is 98.4 Å². The van der Waals surface area contributed by atoms with E-state index in [2.05, 4.69) is 10.6 Å². The molecule has 0 spiro atoms. The molecule has 88 heavy (non-hydrogen) atoms. The van der Waals surface area contributed by atoms with Crippen LogP contribution in [0.5, 0.6) is 23.0 Å². The Labute approximate surface area is 522 Å². The fourth-order valence-electron chi connectivity index (χ4n) is 9.15. The van der Waals surface area contributed by atoms with Gasteiger partial charge in [0.15, 0.2) is 23.0 Å². The molecule has 0 bridgehead atoms. The van der Waals surface area contributed by atoms with Gasteiger partial charge in [-0.1, -0.05) is 67.5 Å². The number of nitrogens with two attached hydrogens (primary N) is 4. The maximum Gasteiger partial charge on any atom is 0.328 e. The van der Waals surface area contributed by atoms with Gasteiger partial charge in [0, 0.05) is 89.4 Å². The van der Waals surface area contributed by atoms with E-state index in [-0.39, 0.29) is 73.3 Å². The summed E-state index contributed by atoms with van der Waals surface area (Å²) in [6, 6.07) is 9.36. The lowest BCUT2D eigenvalue weighted by atomic mass is 9.79. The quantitative estimate of drug-likeness (QED) is 0.0298. The van der Waals surface area contributed by atoms with Gasteiger partial charge in [0.2, 0.25) is 23.6 Å². The van der Waals surface area contributed by atoms with Crippen LogP contribution in [0.2, 0.25) is 0 Å². The number of amides is 4. The van der Waals surface area contributed by atoms with Crippen LogP contribution in [0.25, 0.3) is 0 Å². The van der Waals surface area contributed by atoms with Crippen LogP contribution >= 0.6 is 0 Å². The van der Waals surface area contributed by atoms with E-state index in [1.807, 2.05) is 55.4 Å². The number of carbonyl (C=O) groups is 6. The van der Waals surface area contributed by atoms with Crippen LogP contribution in [0.1, 0.15) is 145 Å². The average molecular weight is 1250 g/mol. The van der Waals surface area contributed by atoms with E-state index in [9.17, 15) is 49.2 Å². The molecule has 2 unspecified atom stereocenters. The van der Waals surface area contributed by atoms with Crippen molar-refractivity contribution in [2.24, 2.45) is 81.1 Å². The number of benzene rings is 2. The van der Waals surface area contributed by atoms with E-state index in [0.717, 1.165) is 0 Å². The van der Waals surface area contributed by atoms with E-state index >= 15 is 0 Å². The minimum Gasteiger partial charge on any atom is -0.493 e. The van der Waals surface area contributed by atoms with Crippen molar-refractivity contribution in [2.45, 2.75) is 158 Å². The molecule has 24 nitrogen and oxygen atoms in total. The first kappa shape index (κ1) is 81.9. The third kappa shape index (κ3) is 29.9. The number of carbonyl (C=O) groups excluding carboxylic acids is 4. The second-order valence-electron chi connectivity index (χ2n) is 25.0. The first-order valence-electron chi connectivity index (χ1n) is 30.1. The lowest BCUT2D eigenvalue weighted by Crippen LogP contribution is -2.46. The Kier molecular flexibility index (Phi) is 38.4. The van der Waals surface area contributed by atoms with Crippen molar-refractivity contribution in [3.05, 3.63) is 59.7 Å². The summed E-state index contributed by atoms with van der Waals surface area (Å²) in [5.74, 6) is -3.38. The fourth-order valence-corrected chi connectivity index (χ4v) is 9.15. The highest BCUT2D eigenvalue weighted by Crippen LogP contribution is 2.39. The molecule has 0 fully saturated rings. The number of carboxylic acids is 2. The van der Waals surface area contributed by atoms with Crippen molar-refractivity contribution in [1.82, 2.24) is 10.6 Å². The molecule has 10 atom stereocenters. The standard InChI is InChI=1S/2C30H53N3O7.C4H4O4/c2*1-18(2)21(27(35)20-10-11-25(39-8)26(14-20)40-13-9-12-38-7)15-23(31)24(34)16-22(19(3)4)28(36)33-17-30(5,6)29(32)37;5-3(6)1-2-4(7)8/h2*10-11,14,18-19,21-24,27,34-35H,9,12-13,15-17,31H2,1-8H3,(H2,32,37)(H,33,36);1-2H,(H,5,6)(H,7,8)/b;;2-1+/t2*21-,22-,23-,24-,27?;/m00./s1. The van der Waals surface area contributed by atoms with Crippen LogP contribution in [-0.4, -0.2) is 158 Å². The number of aliphatic hydroxyl groups is 4. The molecule has 4 amide bonds. The Morgan fingerprint density at radius 3 is 1.07 bits per heavy atom. The largest absolute Gasteiger partial charge is 0.493 e. The van der Waals surface area contributed by atoms with Crippen molar-refractivity contribution < 1.29 is 87.8 Å². The topological polar surface area (TPSA) is 407 Å². The Morgan fingerprint density at radius 2 is 0.818 bits per heavy atom. The summed E-state index contributed by atoms with van der Waals surface area (Å²) < 4.78 is 32.7. The van der Waals surface area contributed by atoms with Gasteiger partial charge < -0.3 is 92.6 Å². The Hall–Kier alpha value is -6.12. The first-order chi connectivity index (χ1) is 40.9. The third-order valence-electron chi connectivity index (χ3n) is 15.5.